The van der Waals surface area contributed by atoms with Gasteiger partial charge in [0.05, 0.1) is 0 Å². The van der Waals surface area contributed by atoms with Crippen LogP contribution in [-0.2, 0) is 13.0 Å². The molecule has 0 bridgehead atoms. The van der Waals surface area contributed by atoms with Crippen molar-refractivity contribution in [3.63, 3.8) is 0 Å². The first-order chi connectivity index (χ1) is 9.15. The van der Waals surface area contributed by atoms with Crippen LogP contribution in [-0.4, -0.2) is 11.4 Å². The fraction of sp³-hybridized carbons (Fsp3) is 0.333. The number of hydrogen-bond donors (Lipinski definition) is 0. The third kappa shape index (κ3) is 2.75. The maximum atomic E-state index is 6.32. The number of benzene rings is 1. The Balaban J connectivity index is 1.81. The summed E-state index contributed by atoms with van der Waals surface area (Å²) in [6.45, 7) is 4.32. The Kier molecular flexibility index (Phi) is 3.99. The number of nitrogens with zero attached hydrogens (tertiary/aromatic N) is 1. The molecule has 0 saturated carbocycles. The molecule has 0 radical (unpaired) electrons. The van der Waals surface area contributed by atoms with Crippen LogP contribution in [0.2, 0.25) is 5.02 Å². The molecule has 1 aromatic carbocycles. The minimum atomic E-state index is 0.481. The Labute approximate surface area is 131 Å². The normalized spacial score (nSPS) is 19.4. The minimum Gasteiger partial charge on any atom is -0.292 e. The van der Waals surface area contributed by atoms with Crippen LogP contribution in [0.4, 0.5) is 0 Å². The van der Waals surface area contributed by atoms with E-state index in [2.05, 4.69) is 51.3 Å². The molecule has 1 nitrogen and oxygen atoms in total. The molecule has 4 heteroatoms. The quantitative estimate of drug-likeness (QED) is 0.707. The number of fused-ring (bicyclic) bond motifs is 1. The summed E-state index contributed by atoms with van der Waals surface area (Å²) in [5.41, 5.74) is 2.69. The summed E-state index contributed by atoms with van der Waals surface area (Å²) < 4.78 is 1.04. The Morgan fingerprint density at radius 1 is 1.42 bits per heavy atom. The summed E-state index contributed by atoms with van der Waals surface area (Å²) in [4.78, 5) is 4.05. The number of halogens is 2. The van der Waals surface area contributed by atoms with E-state index in [1.165, 1.54) is 11.1 Å². The average molecular weight is 357 g/mol. The molecule has 0 saturated heterocycles. The highest BCUT2D eigenvalue weighted by atomic mass is 79.9. The molecule has 2 aromatic rings. The van der Waals surface area contributed by atoms with E-state index in [0.717, 1.165) is 29.0 Å². The summed E-state index contributed by atoms with van der Waals surface area (Å²) in [7, 11) is 0. The summed E-state index contributed by atoms with van der Waals surface area (Å²) in [6, 6.07) is 8.89. The molecular formula is C15H15BrClNS. The van der Waals surface area contributed by atoms with Gasteiger partial charge >= 0.3 is 0 Å². The summed E-state index contributed by atoms with van der Waals surface area (Å²) in [5, 5.41) is 3.05. The fourth-order valence-electron chi connectivity index (χ4n) is 2.65. The van der Waals surface area contributed by atoms with Crippen molar-refractivity contribution in [3.05, 3.63) is 55.1 Å². The van der Waals surface area contributed by atoms with Gasteiger partial charge in [0.1, 0.15) is 0 Å². The average Bonchev–Trinajstić information content (AvgIpc) is 2.85. The highest BCUT2D eigenvalue weighted by molar-refractivity contribution is 9.10. The van der Waals surface area contributed by atoms with E-state index < -0.39 is 0 Å². The van der Waals surface area contributed by atoms with Gasteiger partial charge in [-0.1, -0.05) is 33.6 Å². The SMILES string of the molecule is CC1c2ccsc2CCN1Cc1ccc(Br)cc1Cl. The van der Waals surface area contributed by atoms with E-state index in [1.54, 1.807) is 4.88 Å². The second kappa shape index (κ2) is 5.57. The molecular weight excluding hydrogens is 342 g/mol. The van der Waals surface area contributed by atoms with Crippen molar-refractivity contribution in [2.24, 2.45) is 0 Å². The predicted molar refractivity (Wildman–Crippen MR) is 86.0 cm³/mol. The Morgan fingerprint density at radius 2 is 2.26 bits per heavy atom. The van der Waals surface area contributed by atoms with Crippen LogP contribution in [0.5, 0.6) is 0 Å². The van der Waals surface area contributed by atoms with E-state index in [4.69, 9.17) is 11.6 Å². The highest BCUT2D eigenvalue weighted by Crippen LogP contribution is 2.34. The van der Waals surface area contributed by atoms with Crippen molar-refractivity contribution in [3.8, 4) is 0 Å². The van der Waals surface area contributed by atoms with Crippen molar-refractivity contribution in [2.45, 2.75) is 25.9 Å². The second-order valence-electron chi connectivity index (χ2n) is 4.93. The van der Waals surface area contributed by atoms with Gasteiger partial charge in [-0.3, -0.25) is 4.90 Å². The minimum absolute atomic E-state index is 0.481. The van der Waals surface area contributed by atoms with Crippen LogP contribution >= 0.6 is 38.9 Å². The first-order valence-corrected chi connectivity index (χ1v) is 8.44. The van der Waals surface area contributed by atoms with E-state index >= 15 is 0 Å². The zero-order valence-electron chi connectivity index (χ0n) is 10.7. The Morgan fingerprint density at radius 3 is 3.05 bits per heavy atom. The van der Waals surface area contributed by atoms with Crippen molar-refractivity contribution >= 4 is 38.9 Å². The van der Waals surface area contributed by atoms with Gasteiger partial charge in [-0.25, -0.2) is 0 Å². The van der Waals surface area contributed by atoms with Crippen LogP contribution < -0.4 is 0 Å². The zero-order chi connectivity index (χ0) is 13.4. The van der Waals surface area contributed by atoms with Gasteiger partial charge in [0.15, 0.2) is 0 Å². The number of rotatable bonds is 2. The maximum Gasteiger partial charge on any atom is 0.0462 e. The van der Waals surface area contributed by atoms with E-state index in [-0.39, 0.29) is 0 Å². The van der Waals surface area contributed by atoms with E-state index in [9.17, 15) is 0 Å². The first kappa shape index (κ1) is 13.6. The largest absolute Gasteiger partial charge is 0.292 e. The summed E-state index contributed by atoms with van der Waals surface area (Å²) in [6.07, 6.45) is 1.16. The molecule has 3 rings (SSSR count). The summed E-state index contributed by atoms with van der Waals surface area (Å²) in [5.74, 6) is 0. The molecule has 100 valence electrons. The van der Waals surface area contributed by atoms with Crippen molar-refractivity contribution in [1.82, 2.24) is 4.90 Å². The van der Waals surface area contributed by atoms with Gasteiger partial charge in [-0.15, -0.1) is 11.3 Å². The predicted octanol–water partition coefficient (Wildman–Crippen LogP) is 5.28. The molecule has 19 heavy (non-hydrogen) atoms. The third-order valence-corrected chi connectivity index (χ3v) is 5.63. The molecule has 1 aromatic heterocycles. The lowest BCUT2D eigenvalue weighted by atomic mass is 10.0. The van der Waals surface area contributed by atoms with E-state index in [1.807, 2.05) is 17.4 Å². The molecule has 0 amide bonds. The molecule has 1 atom stereocenters. The molecule has 0 N–H and O–H groups in total. The topological polar surface area (TPSA) is 3.24 Å². The molecule has 2 heterocycles. The first-order valence-electron chi connectivity index (χ1n) is 6.39. The van der Waals surface area contributed by atoms with Gasteiger partial charge in [-0.05, 0) is 48.1 Å². The smallest absolute Gasteiger partial charge is 0.0462 e. The molecule has 1 unspecified atom stereocenters. The van der Waals surface area contributed by atoms with Crippen LogP contribution in [0.1, 0.15) is 29.0 Å². The van der Waals surface area contributed by atoms with Gasteiger partial charge in [0.25, 0.3) is 0 Å². The third-order valence-electron chi connectivity index (χ3n) is 3.79. The lowest BCUT2D eigenvalue weighted by Gasteiger charge is -2.33. The van der Waals surface area contributed by atoms with Crippen molar-refractivity contribution in [1.29, 1.82) is 0 Å². The van der Waals surface area contributed by atoms with Crippen LogP contribution in [0.3, 0.4) is 0 Å². The maximum absolute atomic E-state index is 6.32. The van der Waals surface area contributed by atoms with Gasteiger partial charge in [-0.2, -0.15) is 0 Å². The second-order valence-corrected chi connectivity index (χ2v) is 7.25. The molecule has 1 aliphatic rings. The molecule has 1 aliphatic heterocycles. The zero-order valence-corrected chi connectivity index (χ0v) is 13.9. The van der Waals surface area contributed by atoms with Crippen molar-refractivity contribution in [2.75, 3.05) is 6.54 Å². The van der Waals surface area contributed by atoms with Crippen LogP contribution in [0, 0.1) is 0 Å². The Bertz CT molecular complexity index is 596. The van der Waals surface area contributed by atoms with Crippen LogP contribution in [0.25, 0.3) is 0 Å². The van der Waals surface area contributed by atoms with Gasteiger partial charge < -0.3 is 0 Å². The molecule has 0 spiro atoms. The van der Waals surface area contributed by atoms with Gasteiger partial charge in [0.2, 0.25) is 0 Å². The fourth-order valence-corrected chi connectivity index (χ4v) is 4.34. The monoisotopic (exact) mass is 355 g/mol. The van der Waals surface area contributed by atoms with Crippen molar-refractivity contribution < 1.29 is 0 Å². The van der Waals surface area contributed by atoms with Gasteiger partial charge in [0, 0.05) is 33.5 Å². The molecule has 0 aliphatic carbocycles. The van der Waals surface area contributed by atoms with Crippen LogP contribution in [0.15, 0.2) is 34.1 Å². The lowest BCUT2D eigenvalue weighted by Crippen LogP contribution is -2.32. The number of thiophene rings is 1. The summed E-state index contributed by atoms with van der Waals surface area (Å²) >= 11 is 11.7. The standard InChI is InChI=1S/C15H15BrClNS/c1-10-13-5-7-19-15(13)4-6-18(10)9-11-2-3-12(16)8-14(11)17/h2-3,5,7-8,10H,4,6,9H2,1H3. The Hall–Kier alpha value is -0.350. The highest BCUT2D eigenvalue weighted by Gasteiger charge is 2.24. The molecule has 0 fully saturated rings. The number of hydrogen-bond acceptors (Lipinski definition) is 2. The lowest BCUT2D eigenvalue weighted by molar-refractivity contribution is 0.191. The van der Waals surface area contributed by atoms with E-state index in [0.29, 0.717) is 6.04 Å².